The van der Waals surface area contributed by atoms with Crippen LogP contribution in [0.25, 0.3) is 0 Å². The number of rotatable bonds is 16. The first kappa shape index (κ1) is 34.6. The number of methoxy groups -OCH3 is 1. The Morgan fingerprint density at radius 1 is 0.902 bits per heavy atom. The van der Waals surface area contributed by atoms with Gasteiger partial charge in [0.1, 0.15) is 12.1 Å². The van der Waals surface area contributed by atoms with Crippen LogP contribution in [0.2, 0.25) is 0 Å². The molecule has 2 aliphatic carbocycles. The molecule has 0 aromatic carbocycles. The molecule has 0 aromatic heterocycles. The van der Waals surface area contributed by atoms with Crippen LogP contribution in [0.5, 0.6) is 0 Å². The smallest absolute Gasteiger partial charge is 0.305 e. The lowest BCUT2D eigenvalue weighted by Gasteiger charge is -2.28. The molecule has 12 heteroatoms. The van der Waals surface area contributed by atoms with E-state index in [0.29, 0.717) is 6.42 Å². The van der Waals surface area contributed by atoms with E-state index in [4.69, 9.17) is 4.74 Å². The number of hydrogen-bond donors (Lipinski definition) is 4. The molecule has 8 atom stereocenters. The van der Waals surface area contributed by atoms with Crippen molar-refractivity contribution in [2.75, 3.05) is 13.4 Å². The Morgan fingerprint density at radius 3 is 1.68 bits per heavy atom. The fraction of sp³-hybridized carbons (Fsp3) is 0.793. The molecule has 2 rings (SSSR count). The summed E-state index contributed by atoms with van der Waals surface area (Å²) in [6.45, 7) is 13.8. The summed E-state index contributed by atoms with van der Waals surface area (Å²) in [4.78, 5) is 52.0. The largest absolute Gasteiger partial charge is 0.487 e. The molecule has 0 bridgehead atoms. The Balaban J connectivity index is 2.38. The van der Waals surface area contributed by atoms with Crippen molar-refractivity contribution in [3.63, 3.8) is 0 Å². The van der Waals surface area contributed by atoms with Crippen LogP contribution in [0.1, 0.15) is 80.6 Å². The van der Waals surface area contributed by atoms with E-state index in [1.807, 2.05) is 41.5 Å². The van der Waals surface area contributed by atoms with Gasteiger partial charge in [0.2, 0.25) is 32.6 Å². The molecule has 0 aromatic rings. The van der Waals surface area contributed by atoms with E-state index in [1.54, 1.807) is 0 Å². The number of carbonyl (C=O) groups excluding carboxylic acids is 3. The quantitative estimate of drug-likeness (QED) is 0.196. The van der Waals surface area contributed by atoms with Gasteiger partial charge < -0.3 is 25.8 Å². The lowest BCUT2D eigenvalue weighted by molar-refractivity contribution is -0.137. The average molecular weight is 600 g/mol. The van der Waals surface area contributed by atoms with E-state index in [0.717, 1.165) is 38.7 Å². The summed E-state index contributed by atoms with van der Waals surface area (Å²) in [6, 6.07) is -3.03. The zero-order valence-electron chi connectivity index (χ0n) is 25.9. The maximum Gasteiger partial charge on any atom is 0.305 e. The van der Waals surface area contributed by atoms with Crippen LogP contribution in [0.4, 0.5) is 0 Å². The third-order valence-electron chi connectivity index (χ3n) is 9.46. The molecule has 2 saturated carbocycles. The third kappa shape index (κ3) is 8.68. The minimum atomic E-state index is -3.82. The molecule has 4 N–H and O–H groups in total. The monoisotopic (exact) mass is 599 g/mol. The molecule has 0 radical (unpaired) electrons. The van der Waals surface area contributed by atoms with Gasteiger partial charge in [0.15, 0.2) is 0 Å². The van der Waals surface area contributed by atoms with Gasteiger partial charge in [-0.15, -0.1) is 0 Å². The van der Waals surface area contributed by atoms with Gasteiger partial charge in [-0.3, -0.25) is 19.2 Å². The Bertz CT molecular complexity index is 1150. The first-order valence-corrected chi connectivity index (χ1v) is 16.3. The molecule has 8 unspecified atom stereocenters. The summed E-state index contributed by atoms with van der Waals surface area (Å²) in [5.41, 5.74) is -0.314. The fourth-order valence-electron chi connectivity index (χ4n) is 5.39. The normalized spacial score (nSPS) is 28.6. The first-order valence-electron chi connectivity index (χ1n) is 14.4. The van der Waals surface area contributed by atoms with Crippen LogP contribution in [0, 0.1) is 34.5 Å². The molecule has 234 valence electrons. The van der Waals surface area contributed by atoms with Crippen molar-refractivity contribution in [1.82, 2.24) is 16.0 Å². The average Bonchev–Trinajstić information content (AvgIpc) is 3.76. The Morgan fingerprint density at radius 2 is 1.34 bits per heavy atom. The topological polar surface area (TPSA) is 168 Å². The van der Waals surface area contributed by atoms with Gasteiger partial charge in [-0.05, 0) is 47.5 Å². The molecule has 3 amide bonds. The van der Waals surface area contributed by atoms with E-state index in [2.05, 4.69) is 22.9 Å². The fourth-order valence-corrected chi connectivity index (χ4v) is 6.10. The summed E-state index contributed by atoms with van der Waals surface area (Å²) in [5, 5.41) is 17.4. The lowest BCUT2D eigenvalue weighted by Crippen LogP contribution is -2.57. The molecular weight excluding hydrogens is 550 g/mol. The van der Waals surface area contributed by atoms with Crippen molar-refractivity contribution in [3.8, 4) is 0 Å². The van der Waals surface area contributed by atoms with Gasteiger partial charge >= 0.3 is 5.97 Å². The highest BCUT2D eigenvalue weighted by molar-refractivity contribution is 7.94. The van der Waals surface area contributed by atoms with E-state index < -0.39 is 57.3 Å². The van der Waals surface area contributed by atoms with Crippen molar-refractivity contribution in [2.45, 2.75) is 98.7 Å². The molecule has 0 spiro atoms. The maximum atomic E-state index is 13.8. The van der Waals surface area contributed by atoms with Crippen molar-refractivity contribution in [3.05, 3.63) is 11.2 Å². The zero-order chi connectivity index (χ0) is 31.5. The second-order valence-corrected chi connectivity index (χ2v) is 14.8. The van der Waals surface area contributed by atoms with Crippen molar-refractivity contribution < 1.29 is 37.4 Å². The number of sulfone groups is 1. The van der Waals surface area contributed by atoms with Crippen LogP contribution >= 0.6 is 0 Å². The first-order chi connectivity index (χ1) is 18.8. The number of carboxylic acids is 1. The molecule has 0 heterocycles. The highest BCUT2D eigenvalue weighted by Crippen LogP contribution is 2.58. The summed E-state index contributed by atoms with van der Waals surface area (Å²) in [7, 11) is -2.67. The Hall–Kier alpha value is -2.63. The van der Waals surface area contributed by atoms with Crippen molar-refractivity contribution in [1.29, 1.82) is 0 Å². The van der Waals surface area contributed by atoms with Crippen LogP contribution in [0.15, 0.2) is 11.2 Å². The molecule has 0 aliphatic heterocycles. The summed E-state index contributed by atoms with van der Waals surface area (Å²) in [6.07, 6.45) is 4.42. The number of amides is 3. The van der Waals surface area contributed by atoms with Gasteiger partial charge in [-0.25, -0.2) is 8.42 Å². The predicted molar refractivity (Wildman–Crippen MR) is 155 cm³/mol. The predicted octanol–water partition coefficient (Wildman–Crippen LogP) is 2.61. The van der Waals surface area contributed by atoms with Crippen LogP contribution in [-0.2, 0) is 33.8 Å². The van der Waals surface area contributed by atoms with Gasteiger partial charge in [0.05, 0.1) is 19.6 Å². The molecule has 0 saturated heterocycles. The van der Waals surface area contributed by atoms with Gasteiger partial charge in [0, 0.05) is 12.2 Å². The number of hydrogen-bond acceptors (Lipinski definition) is 7. The van der Waals surface area contributed by atoms with E-state index in [-0.39, 0.29) is 40.4 Å². The number of nitrogens with one attached hydrogen (secondary N) is 3. The van der Waals surface area contributed by atoms with Crippen molar-refractivity contribution >= 4 is 33.5 Å². The van der Waals surface area contributed by atoms with E-state index in [9.17, 15) is 32.7 Å². The molecule has 2 fully saturated rings. The zero-order valence-corrected chi connectivity index (χ0v) is 26.7. The highest BCUT2D eigenvalue weighted by Gasteiger charge is 2.58. The summed E-state index contributed by atoms with van der Waals surface area (Å²) in [5.74, 6) is -3.09. The summed E-state index contributed by atoms with van der Waals surface area (Å²) >= 11 is 0. The van der Waals surface area contributed by atoms with Gasteiger partial charge in [-0.1, -0.05) is 61.3 Å². The number of carboxylic acid groups (broad SMARTS) is 1. The van der Waals surface area contributed by atoms with E-state index in [1.165, 1.54) is 0 Å². The highest BCUT2D eigenvalue weighted by atomic mass is 32.2. The van der Waals surface area contributed by atoms with Crippen LogP contribution < -0.4 is 16.0 Å². The van der Waals surface area contributed by atoms with Gasteiger partial charge in [0.25, 0.3) is 0 Å². The number of ether oxygens (including phenoxy) is 1. The Labute approximate surface area is 244 Å². The van der Waals surface area contributed by atoms with Gasteiger partial charge in [-0.2, -0.15) is 0 Å². The van der Waals surface area contributed by atoms with Crippen molar-refractivity contribution in [2.24, 2.45) is 34.5 Å². The number of aliphatic carboxylic acids is 1. The SMILES string of the molecule is CCC1(C)CC1C(NC(=O)C(C)C(C)C)C(=O)NC(C(=O)NC(C=C(OC)S(C)(=O)=O)CC(=O)O)C1CC1(C)CC. The minimum absolute atomic E-state index is 0.0777. The molecular formula is C29H49N3O8S. The van der Waals surface area contributed by atoms with E-state index >= 15 is 0 Å². The second kappa shape index (κ2) is 13.1. The minimum Gasteiger partial charge on any atom is -0.487 e. The Kier molecular flexibility index (Phi) is 11.1. The molecule has 11 nitrogen and oxygen atoms in total. The third-order valence-corrected chi connectivity index (χ3v) is 10.5. The molecule has 41 heavy (non-hydrogen) atoms. The number of carbonyl (C=O) groups is 4. The summed E-state index contributed by atoms with van der Waals surface area (Å²) < 4.78 is 29.0. The molecule has 2 aliphatic rings. The van der Waals surface area contributed by atoms with Crippen LogP contribution in [0.3, 0.4) is 0 Å². The van der Waals surface area contributed by atoms with Crippen LogP contribution in [-0.4, -0.2) is 68.7 Å². The second-order valence-electron chi connectivity index (χ2n) is 12.8. The standard InChI is InChI=1S/C29H49N3O8S/c1-10-28(6)14-19(28)23(26(36)30-18(12-21(33)34)13-22(40-8)41(9,38)39)32-27(37)24(20-15-29(20,7)11-2)31-25(35)17(5)16(3)4/h13,16-20,23-24H,10-12,14-15H2,1-9H3,(H,30,36)(H,31,35)(H,32,37)(H,33,34). The lowest BCUT2D eigenvalue weighted by atomic mass is 9.94. The maximum absolute atomic E-state index is 13.8.